The predicted octanol–water partition coefficient (Wildman–Crippen LogP) is 2.52. The Morgan fingerprint density at radius 3 is 2.46 bits per heavy atom. The molecule has 1 heterocycles. The van der Waals surface area contributed by atoms with Gasteiger partial charge in [-0.15, -0.1) is 0 Å². The van der Waals surface area contributed by atoms with E-state index in [0.717, 1.165) is 12.7 Å². The van der Waals surface area contributed by atoms with E-state index in [9.17, 15) is 22.8 Å². The predicted molar refractivity (Wildman–Crippen MR) is 100 cm³/mol. The van der Waals surface area contributed by atoms with Crippen molar-refractivity contribution in [3.05, 3.63) is 28.3 Å². The zero-order chi connectivity index (χ0) is 20.5. The van der Waals surface area contributed by atoms with Crippen LogP contribution < -0.4 is 0 Å². The minimum absolute atomic E-state index is 0.0476. The van der Waals surface area contributed by atoms with Crippen molar-refractivity contribution >= 4 is 38.8 Å². The van der Waals surface area contributed by atoms with Crippen LogP contribution in [-0.4, -0.2) is 44.9 Å². The number of rotatable bonds is 6. The molecule has 0 radical (unpaired) electrons. The van der Waals surface area contributed by atoms with Crippen molar-refractivity contribution in [2.45, 2.75) is 49.9 Å². The summed E-state index contributed by atoms with van der Waals surface area (Å²) in [7, 11) is -3.64. The van der Waals surface area contributed by atoms with Crippen LogP contribution in [0, 0.1) is 5.92 Å². The lowest BCUT2D eigenvalue weighted by molar-refractivity contribution is -0.133. The lowest BCUT2D eigenvalue weighted by Crippen LogP contribution is -2.35. The number of carbonyl (C=O) groups excluding carboxylic acids is 3. The Balaban J connectivity index is 1.98. The molecule has 0 amide bonds. The molecule has 2 aliphatic rings. The summed E-state index contributed by atoms with van der Waals surface area (Å²) in [4.78, 5) is 37.1. The first-order chi connectivity index (χ1) is 13.2. The van der Waals surface area contributed by atoms with E-state index in [1.54, 1.807) is 0 Å². The average Bonchev–Trinajstić information content (AvgIpc) is 3.12. The van der Waals surface area contributed by atoms with Gasteiger partial charge in [-0.25, -0.2) is 8.42 Å². The van der Waals surface area contributed by atoms with Gasteiger partial charge in [0.1, 0.15) is 5.92 Å². The molecule has 1 aliphatic heterocycles. The van der Waals surface area contributed by atoms with Gasteiger partial charge in [0.15, 0.2) is 33.5 Å². The highest BCUT2D eigenvalue weighted by atomic mass is 35.5. The minimum Gasteiger partial charge on any atom is -0.353 e. The third-order valence-corrected chi connectivity index (χ3v) is 6.53. The summed E-state index contributed by atoms with van der Waals surface area (Å²) in [5, 5.41) is -0.114. The van der Waals surface area contributed by atoms with Crippen molar-refractivity contribution in [1.82, 2.24) is 0 Å². The van der Waals surface area contributed by atoms with E-state index < -0.39 is 39.4 Å². The molecule has 1 unspecified atom stereocenters. The Labute approximate surface area is 168 Å². The van der Waals surface area contributed by atoms with Gasteiger partial charge in [0.25, 0.3) is 0 Å². The highest BCUT2D eigenvalue weighted by Crippen LogP contribution is 2.32. The van der Waals surface area contributed by atoms with Crippen LogP contribution in [0.25, 0.3) is 0 Å². The van der Waals surface area contributed by atoms with Gasteiger partial charge in [0, 0.05) is 43.3 Å². The molecule has 28 heavy (non-hydrogen) atoms. The number of sulfone groups is 1. The number of ether oxygens (including phenoxy) is 2. The van der Waals surface area contributed by atoms with Crippen LogP contribution in [0.15, 0.2) is 17.0 Å². The standard InChI is InChI=1S/C19H21ClO7S/c1-28(24,25)15-8-7-11(19(23)17-13(21)4-2-5-14(17)22)18(20)12(15)10-27-16-6-3-9-26-16/h7-8,16-17H,2-6,9-10H2,1H3. The number of benzene rings is 1. The van der Waals surface area contributed by atoms with Gasteiger partial charge in [0.2, 0.25) is 0 Å². The fourth-order valence-electron chi connectivity index (χ4n) is 3.48. The second-order valence-electron chi connectivity index (χ2n) is 7.01. The molecule has 7 nitrogen and oxygen atoms in total. The SMILES string of the molecule is CS(=O)(=O)c1ccc(C(=O)C2C(=O)CCCC2=O)c(Cl)c1COC1CCCO1. The molecule has 1 atom stereocenters. The maximum atomic E-state index is 12.9. The summed E-state index contributed by atoms with van der Waals surface area (Å²) in [6, 6.07) is 2.52. The number of halogens is 1. The fourth-order valence-corrected chi connectivity index (χ4v) is 4.78. The second-order valence-corrected chi connectivity index (χ2v) is 9.38. The third kappa shape index (κ3) is 4.35. The van der Waals surface area contributed by atoms with Gasteiger partial charge in [-0.3, -0.25) is 14.4 Å². The van der Waals surface area contributed by atoms with Crippen molar-refractivity contribution in [2.24, 2.45) is 5.92 Å². The lowest BCUT2D eigenvalue weighted by Gasteiger charge is -2.20. The van der Waals surface area contributed by atoms with E-state index in [1.807, 2.05) is 0 Å². The lowest BCUT2D eigenvalue weighted by atomic mass is 9.81. The molecule has 3 rings (SSSR count). The maximum absolute atomic E-state index is 12.9. The van der Waals surface area contributed by atoms with Crippen molar-refractivity contribution < 1.29 is 32.3 Å². The first-order valence-corrected chi connectivity index (χ1v) is 11.3. The molecule has 152 valence electrons. The zero-order valence-corrected chi connectivity index (χ0v) is 17.0. The van der Waals surface area contributed by atoms with Gasteiger partial charge in [0.05, 0.1) is 16.5 Å². The second kappa shape index (κ2) is 8.41. The van der Waals surface area contributed by atoms with Gasteiger partial charge in [-0.05, 0) is 25.0 Å². The summed E-state index contributed by atoms with van der Waals surface area (Å²) in [6.07, 6.45) is 2.83. The van der Waals surface area contributed by atoms with Crippen LogP contribution in [0.4, 0.5) is 0 Å². The molecular weight excluding hydrogens is 408 g/mol. The van der Waals surface area contributed by atoms with E-state index >= 15 is 0 Å². The highest BCUT2D eigenvalue weighted by molar-refractivity contribution is 7.90. The number of hydrogen-bond acceptors (Lipinski definition) is 7. The molecular formula is C19H21ClO7S. The number of carbonyl (C=O) groups is 3. The summed E-state index contributed by atoms with van der Waals surface area (Å²) in [5.41, 5.74) is 0.0785. The minimum atomic E-state index is -3.64. The molecule has 2 fully saturated rings. The summed E-state index contributed by atoms with van der Waals surface area (Å²) >= 11 is 6.39. The molecule has 0 bridgehead atoms. The number of hydrogen-bond donors (Lipinski definition) is 0. The van der Waals surface area contributed by atoms with Crippen LogP contribution in [0.1, 0.15) is 48.0 Å². The van der Waals surface area contributed by atoms with Crippen molar-refractivity contribution in [2.75, 3.05) is 12.9 Å². The van der Waals surface area contributed by atoms with E-state index in [4.69, 9.17) is 21.1 Å². The van der Waals surface area contributed by atoms with Gasteiger partial charge < -0.3 is 9.47 Å². The van der Waals surface area contributed by atoms with E-state index in [-0.39, 0.29) is 40.5 Å². The average molecular weight is 429 g/mol. The first-order valence-electron chi connectivity index (χ1n) is 9.04. The van der Waals surface area contributed by atoms with Crippen molar-refractivity contribution in [1.29, 1.82) is 0 Å². The molecule has 0 spiro atoms. The van der Waals surface area contributed by atoms with Crippen LogP contribution in [0.2, 0.25) is 5.02 Å². The molecule has 0 N–H and O–H groups in total. The Morgan fingerprint density at radius 2 is 1.89 bits per heavy atom. The molecule has 1 aromatic carbocycles. The summed E-state index contributed by atoms with van der Waals surface area (Å²) in [5.74, 6) is -2.93. The van der Waals surface area contributed by atoms with Crippen molar-refractivity contribution in [3.63, 3.8) is 0 Å². The van der Waals surface area contributed by atoms with Gasteiger partial charge >= 0.3 is 0 Å². The highest BCUT2D eigenvalue weighted by Gasteiger charge is 2.38. The van der Waals surface area contributed by atoms with E-state index in [2.05, 4.69) is 0 Å². The van der Waals surface area contributed by atoms with E-state index in [0.29, 0.717) is 19.4 Å². The van der Waals surface area contributed by atoms with E-state index in [1.165, 1.54) is 12.1 Å². The summed E-state index contributed by atoms with van der Waals surface area (Å²) < 4.78 is 35.3. The van der Waals surface area contributed by atoms with Crippen LogP contribution >= 0.6 is 11.6 Å². The van der Waals surface area contributed by atoms with Gasteiger partial charge in [-0.1, -0.05) is 11.6 Å². The summed E-state index contributed by atoms with van der Waals surface area (Å²) in [6.45, 7) is 0.390. The molecule has 1 saturated carbocycles. The molecule has 0 aromatic heterocycles. The molecule has 9 heteroatoms. The number of ketones is 3. The van der Waals surface area contributed by atoms with Crippen molar-refractivity contribution in [3.8, 4) is 0 Å². The van der Waals surface area contributed by atoms with Crippen LogP contribution in [0.3, 0.4) is 0 Å². The Morgan fingerprint density at radius 1 is 1.21 bits per heavy atom. The molecule has 1 saturated heterocycles. The smallest absolute Gasteiger partial charge is 0.182 e. The normalized spacial score (nSPS) is 21.3. The Kier molecular flexibility index (Phi) is 6.34. The third-order valence-electron chi connectivity index (χ3n) is 4.92. The first kappa shape index (κ1) is 21.1. The quantitative estimate of drug-likeness (QED) is 0.506. The molecule has 1 aromatic rings. The Hall–Kier alpha value is -1.61. The van der Waals surface area contributed by atoms with Crippen LogP contribution in [0.5, 0.6) is 0 Å². The maximum Gasteiger partial charge on any atom is 0.182 e. The molecule has 1 aliphatic carbocycles. The topological polar surface area (TPSA) is 104 Å². The Bertz CT molecular complexity index is 900. The number of Topliss-reactive ketones (excluding diaryl/α,β-unsaturated/α-hetero) is 3. The monoisotopic (exact) mass is 428 g/mol. The zero-order valence-electron chi connectivity index (χ0n) is 15.4. The fraction of sp³-hybridized carbons (Fsp3) is 0.526. The van der Waals surface area contributed by atoms with Gasteiger partial charge in [-0.2, -0.15) is 0 Å². The largest absolute Gasteiger partial charge is 0.353 e. The van der Waals surface area contributed by atoms with Crippen LogP contribution in [-0.2, 0) is 35.5 Å².